The van der Waals surface area contributed by atoms with Gasteiger partial charge in [-0.1, -0.05) is 0 Å². The van der Waals surface area contributed by atoms with Crippen LogP contribution in [-0.2, 0) is 0 Å². The number of non-ortho nitro benzene ring substituents is 1. The Hall–Kier alpha value is -2.74. The van der Waals surface area contributed by atoms with Crippen molar-refractivity contribution in [3.05, 3.63) is 61.7 Å². The van der Waals surface area contributed by atoms with Crippen LogP contribution in [0.15, 0.2) is 35.2 Å². The first-order valence-corrected chi connectivity index (χ1v) is 7.36. The highest BCUT2D eigenvalue weighted by Crippen LogP contribution is 2.45. The monoisotopic (exact) mass is 316 g/mol. The van der Waals surface area contributed by atoms with Gasteiger partial charge in [0.2, 0.25) is 0 Å². The molecule has 2 aromatic rings. The molecule has 0 N–H and O–H groups in total. The van der Waals surface area contributed by atoms with Gasteiger partial charge < -0.3 is 0 Å². The minimum absolute atomic E-state index is 0.130. The highest BCUT2D eigenvalue weighted by molar-refractivity contribution is 7.98. The van der Waals surface area contributed by atoms with E-state index in [1.807, 2.05) is 0 Å². The van der Waals surface area contributed by atoms with Gasteiger partial charge in [-0.25, -0.2) is 0 Å². The molecule has 0 atom stereocenters. The number of hydrogen-bond acceptors (Lipinski definition) is 6. The second kappa shape index (κ2) is 4.92. The minimum atomic E-state index is -0.599. The lowest BCUT2D eigenvalue weighted by Crippen LogP contribution is -1.98. The SMILES string of the molecule is CSc1cc2c(c([N+](=O)[O-])c1)-c1ccc([N+](=O)[O-])cc1C2=O. The number of carbonyl (C=O) groups is 1. The summed E-state index contributed by atoms with van der Waals surface area (Å²) in [5.41, 5.74) is 0.567. The summed E-state index contributed by atoms with van der Waals surface area (Å²) in [7, 11) is 0. The van der Waals surface area contributed by atoms with E-state index in [0.717, 1.165) is 0 Å². The van der Waals surface area contributed by atoms with Gasteiger partial charge in [-0.15, -0.1) is 11.8 Å². The molecular weight excluding hydrogens is 308 g/mol. The summed E-state index contributed by atoms with van der Waals surface area (Å²) < 4.78 is 0. The number of benzene rings is 2. The normalized spacial score (nSPS) is 12.0. The topological polar surface area (TPSA) is 103 Å². The third-order valence-corrected chi connectivity index (χ3v) is 4.20. The van der Waals surface area contributed by atoms with Crippen molar-refractivity contribution in [3.8, 4) is 11.1 Å². The molecule has 1 aliphatic carbocycles. The van der Waals surface area contributed by atoms with Gasteiger partial charge in [-0.2, -0.15) is 0 Å². The Labute approximate surface area is 128 Å². The van der Waals surface area contributed by atoms with Crippen LogP contribution in [0.3, 0.4) is 0 Å². The zero-order valence-electron chi connectivity index (χ0n) is 11.2. The highest BCUT2D eigenvalue weighted by Gasteiger charge is 2.35. The van der Waals surface area contributed by atoms with Crippen LogP contribution in [-0.4, -0.2) is 21.9 Å². The maximum Gasteiger partial charge on any atom is 0.279 e. The maximum atomic E-state index is 12.5. The molecule has 0 radical (unpaired) electrons. The Bertz CT molecular complexity index is 863. The number of ketones is 1. The number of nitro groups is 2. The molecule has 110 valence electrons. The molecule has 0 aliphatic heterocycles. The number of carbonyl (C=O) groups excluding carboxylic acids is 1. The minimum Gasteiger partial charge on any atom is -0.289 e. The molecule has 0 unspecified atom stereocenters. The smallest absolute Gasteiger partial charge is 0.279 e. The predicted octanol–water partition coefficient (Wildman–Crippen LogP) is 3.44. The zero-order valence-corrected chi connectivity index (χ0v) is 12.0. The lowest BCUT2D eigenvalue weighted by molar-refractivity contribution is -0.385. The van der Waals surface area contributed by atoms with Crippen LogP contribution in [0.4, 0.5) is 11.4 Å². The number of nitrogens with zero attached hydrogens (tertiary/aromatic N) is 2. The molecule has 7 nitrogen and oxygen atoms in total. The van der Waals surface area contributed by atoms with Crippen molar-refractivity contribution < 1.29 is 14.6 Å². The summed E-state index contributed by atoms with van der Waals surface area (Å²) in [5.74, 6) is -0.423. The average Bonchev–Trinajstić information content (AvgIpc) is 2.79. The van der Waals surface area contributed by atoms with E-state index in [0.29, 0.717) is 10.5 Å². The van der Waals surface area contributed by atoms with Crippen LogP contribution in [0.2, 0.25) is 0 Å². The molecule has 1 aliphatic rings. The lowest BCUT2D eigenvalue weighted by atomic mass is 10.0. The molecule has 0 amide bonds. The first-order chi connectivity index (χ1) is 10.4. The molecule has 0 heterocycles. The Morgan fingerprint density at radius 3 is 2.27 bits per heavy atom. The van der Waals surface area contributed by atoms with Gasteiger partial charge in [0.15, 0.2) is 5.78 Å². The van der Waals surface area contributed by atoms with E-state index in [-0.39, 0.29) is 28.1 Å². The first kappa shape index (κ1) is 14.2. The molecule has 0 fully saturated rings. The summed E-state index contributed by atoms with van der Waals surface area (Å²) in [6.45, 7) is 0. The second-order valence-electron chi connectivity index (χ2n) is 4.64. The van der Waals surface area contributed by atoms with E-state index in [2.05, 4.69) is 0 Å². The molecule has 0 bridgehead atoms. The van der Waals surface area contributed by atoms with Gasteiger partial charge in [0.1, 0.15) is 0 Å². The number of hydrogen-bond donors (Lipinski definition) is 0. The quantitative estimate of drug-likeness (QED) is 0.416. The van der Waals surface area contributed by atoms with Crippen LogP contribution in [0.1, 0.15) is 15.9 Å². The van der Waals surface area contributed by atoms with E-state index in [9.17, 15) is 25.0 Å². The largest absolute Gasteiger partial charge is 0.289 e. The molecular formula is C14H8N2O5S. The van der Waals surface area contributed by atoms with Crippen molar-refractivity contribution in [1.29, 1.82) is 0 Å². The fraction of sp³-hybridized carbons (Fsp3) is 0.0714. The lowest BCUT2D eigenvalue weighted by Gasteiger charge is -2.04. The van der Waals surface area contributed by atoms with E-state index in [4.69, 9.17) is 0 Å². The van der Waals surface area contributed by atoms with E-state index in [1.165, 1.54) is 36.0 Å². The summed E-state index contributed by atoms with van der Waals surface area (Å²) in [6, 6.07) is 6.80. The van der Waals surface area contributed by atoms with Gasteiger partial charge in [-0.3, -0.25) is 25.0 Å². The first-order valence-electron chi connectivity index (χ1n) is 6.14. The van der Waals surface area contributed by atoms with Crippen molar-refractivity contribution in [2.24, 2.45) is 0 Å². The molecule has 22 heavy (non-hydrogen) atoms. The average molecular weight is 316 g/mol. The van der Waals surface area contributed by atoms with Gasteiger partial charge >= 0.3 is 0 Å². The van der Waals surface area contributed by atoms with Crippen LogP contribution >= 0.6 is 11.8 Å². The Morgan fingerprint density at radius 1 is 0.955 bits per heavy atom. The number of rotatable bonds is 3. The van der Waals surface area contributed by atoms with Gasteiger partial charge in [0.25, 0.3) is 11.4 Å². The summed E-state index contributed by atoms with van der Waals surface area (Å²) in [5, 5.41) is 22.1. The molecule has 0 spiro atoms. The second-order valence-corrected chi connectivity index (χ2v) is 5.52. The molecule has 0 saturated carbocycles. The Balaban J connectivity index is 2.32. The van der Waals surface area contributed by atoms with Crippen LogP contribution < -0.4 is 0 Å². The van der Waals surface area contributed by atoms with Crippen LogP contribution in [0, 0.1) is 20.2 Å². The van der Waals surface area contributed by atoms with Gasteiger partial charge in [0.05, 0.1) is 15.4 Å². The fourth-order valence-electron chi connectivity index (χ4n) is 2.52. The van der Waals surface area contributed by atoms with E-state index < -0.39 is 15.6 Å². The standard InChI is InChI=1S/C14H8N2O5S/c1-22-8-5-11-13(12(6-8)16(20)21)9-3-2-7(15(18)19)4-10(9)14(11)17/h2-6H,1H3. The Kier molecular flexibility index (Phi) is 3.18. The predicted molar refractivity (Wildman–Crippen MR) is 80.4 cm³/mol. The van der Waals surface area contributed by atoms with Crippen molar-refractivity contribution in [2.75, 3.05) is 6.26 Å². The highest BCUT2D eigenvalue weighted by atomic mass is 32.2. The Morgan fingerprint density at radius 2 is 1.68 bits per heavy atom. The summed E-state index contributed by atoms with van der Waals surface area (Å²) in [4.78, 5) is 34.0. The molecule has 0 aromatic heterocycles. The fourth-order valence-corrected chi connectivity index (χ4v) is 2.99. The third kappa shape index (κ3) is 1.96. The third-order valence-electron chi connectivity index (χ3n) is 3.50. The molecule has 2 aromatic carbocycles. The van der Waals surface area contributed by atoms with Gasteiger partial charge in [-0.05, 0) is 18.4 Å². The summed E-state index contributed by atoms with van der Waals surface area (Å²) in [6.07, 6.45) is 1.75. The molecule has 3 rings (SSSR count). The summed E-state index contributed by atoms with van der Waals surface area (Å²) >= 11 is 1.29. The zero-order chi connectivity index (χ0) is 16.0. The van der Waals surface area contributed by atoms with Crippen molar-refractivity contribution in [1.82, 2.24) is 0 Å². The van der Waals surface area contributed by atoms with Crippen LogP contribution in [0.5, 0.6) is 0 Å². The number of fused-ring (bicyclic) bond motifs is 3. The van der Waals surface area contributed by atoms with Crippen LogP contribution in [0.25, 0.3) is 11.1 Å². The van der Waals surface area contributed by atoms with Gasteiger partial charge in [0, 0.05) is 39.8 Å². The molecule has 8 heteroatoms. The van der Waals surface area contributed by atoms with E-state index >= 15 is 0 Å². The molecule has 0 saturated heterocycles. The van der Waals surface area contributed by atoms with Crippen molar-refractivity contribution in [3.63, 3.8) is 0 Å². The van der Waals surface area contributed by atoms with E-state index in [1.54, 1.807) is 12.3 Å². The van der Waals surface area contributed by atoms with Crippen molar-refractivity contribution in [2.45, 2.75) is 4.90 Å². The van der Waals surface area contributed by atoms with Crippen molar-refractivity contribution >= 4 is 28.9 Å². The number of nitro benzene ring substituents is 2. The maximum absolute atomic E-state index is 12.5. The number of thioether (sulfide) groups is 1.